The molecule has 2 aromatic rings. The molecule has 1 aliphatic heterocycles. The van der Waals surface area contributed by atoms with Crippen LogP contribution in [-0.4, -0.2) is 35.5 Å². The highest BCUT2D eigenvalue weighted by molar-refractivity contribution is 5.96. The molecule has 0 atom stereocenters. The Morgan fingerprint density at radius 1 is 1.28 bits per heavy atom. The summed E-state index contributed by atoms with van der Waals surface area (Å²) in [6.07, 6.45) is -0.215. The fourth-order valence-electron chi connectivity index (χ4n) is 4.08. The van der Waals surface area contributed by atoms with Gasteiger partial charge in [0, 0.05) is 18.2 Å². The third-order valence-corrected chi connectivity index (χ3v) is 5.71. The lowest BCUT2D eigenvalue weighted by Crippen LogP contribution is -2.41. The summed E-state index contributed by atoms with van der Waals surface area (Å²) in [6.45, 7) is 0.371. The average molecular weight is 450 g/mol. The number of amides is 2. The summed E-state index contributed by atoms with van der Waals surface area (Å²) in [5, 5.41) is 2.59. The molecule has 1 spiro atoms. The van der Waals surface area contributed by atoms with Crippen molar-refractivity contribution < 1.29 is 32.2 Å². The molecule has 0 radical (unpaired) electrons. The number of pyridine rings is 1. The first-order chi connectivity index (χ1) is 15.1. The van der Waals surface area contributed by atoms with Crippen molar-refractivity contribution in [1.29, 1.82) is 0 Å². The van der Waals surface area contributed by atoms with E-state index in [1.54, 1.807) is 24.5 Å². The molecule has 0 unspecified atom stereocenters. The lowest BCUT2D eigenvalue weighted by molar-refractivity contribution is -0.274. The van der Waals surface area contributed by atoms with Crippen molar-refractivity contribution in [2.24, 2.45) is 5.92 Å². The van der Waals surface area contributed by atoms with Gasteiger partial charge in [0.05, 0.1) is 29.8 Å². The molecule has 2 amide bonds. The molecular weight excluding hydrogens is 429 g/mol. The van der Waals surface area contributed by atoms with Crippen molar-refractivity contribution in [2.45, 2.75) is 37.6 Å². The fourth-order valence-corrected chi connectivity index (χ4v) is 4.08. The molecule has 3 N–H and O–H groups in total. The molecule has 2 fully saturated rings. The quantitative estimate of drug-likeness (QED) is 0.680. The van der Waals surface area contributed by atoms with Gasteiger partial charge < -0.3 is 20.5 Å². The number of halogens is 3. The first kappa shape index (κ1) is 21.7. The van der Waals surface area contributed by atoms with Crippen LogP contribution in [0.4, 0.5) is 35.0 Å². The second-order valence-electron chi connectivity index (χ2n) is 7.91. The Hall–Kier alpha value is -3.50. The second-order valence-corrected chi connectivity index (χ2v) is 7.91. The molecule has 11 heteroatoms. The normalized spacial score (nSPS) is 23.2. The van der Waals surface area contributed by atoms with Crippen LogP contribution in [0.3, 0.4) is 0 Å². The zero-order chi connectivity index (χ0) is 22.9. The maximum atomic E-state index is 12.7. The number of hydrogen-bond acceptors (Lipinski definition) is 6. The van der Waals surface area contributed by atoms with Crippen molar-refractivity contribution >= 4 is 29.1 Å². The summed E-state index contributed by atoms with van der Waals surface area (Å²) in [6, 6.07) is 6.85. The number of nitrogens with two attached hydrogens (primary N) is 1. The monoisotopic (exact) mass is 450 g/mol. The number of rotatable bonds is 4. The number of nitrogens with zero attached hydrogens (tertiary/aromatic N) is 2. The molecular formula is C21H21F3N4O4. The van der Waals surface area contributed by atoms with Crippen molar-refractivity contribution in [1.82, 2.24) is 4.98 Å². The molecule has 170 valence electrons. The van der Waals surface area contributed by atoms with Crippen LogP contribution >= 0.6 is 0 Å². The predicted octanol–water partition coefficient (Wildman–Crippen LogP) is 4.09. The van der Waals surface area contributed by atoms with Crippen molar-refractivity contribution in [2.75, 3.05) is 22.5 Å². The van der Waals surface area contributed by atoms with E-state index in [9.17, 15) is 22.8 Å². The first-order valence-corrected chi connectivity index (χ1v) is 10.0. The van der Waals surface area contributed by atoms with Crippen LogP contribution in [0.1, 0.15) is 25.7 Å². The minimum Gasteiger partial charge on any atom is -0.441 e. The standard InChI is InChI=1S/C21H21F3N4O4/c22-21(23,24)31-15-3-4-16(25)17(10-15)27-18(29)13-5-7-20(8-6-13)12-28(19(30)32-20)14-2-1-9-26-11-14/h1-4,9-11,13H,5-8,12,25H2,(H,27,29). The summed E-state index contributed by atoms with van der Waals surface area (Å²) >= 11 is 0. The van der Waals surface area contributed by atoms with Gasteiger partial charge in [-0.1, -0.05) is 0 Å². The SMILES string of the molecule is Nc1ccc(OC(F)(F)F)cc1NC(=O)C1CCC2(CC1)CN(c1cccnc1)C(=O)O2. The Morgan fingerprint density at radius 2 is 2.03 bits per heavy atom. The smallest absolute Gasteiger partial charge is 0.441 e. The van der Waals surface area contributed by atoms with Gasteiger partial charge in [0.15, 0.2) is 0 Å². The van der Waals surface area contributed by atoms with Gasteiger partial charge in [0.2, 0.25) is 5.91 Å². The molecule has 1 aromatic carbocycles. The van der Waals surface area contributed by atoms with E-state index in [1.807, 2.05) is 0 Å². The third-order valence-electron chi connectivity index (χ3n) is 5.71. The van der Waals surface area contributed by atoms with E-state index < -0.39 is 29.7 Å². The van der Waals surface area contributed by atoms with Crippen LogP contribution in [0.15, 0.2) is 42.7 Å². The number of nitrogen functional groups attached to an aromatic ring is 1. The number of nitrogens with one attached hydrogen (secondary N) is 1. The maximum absolute atomic E-state index is 12.7. The molecule has 1 aromatic heterocycles. The Balaban J connectivity index is 1.37. The van der Waals surface area contributed by atoms with Crippen LogP contribution < -0.4 is 20.7 Å². The Bertz CT molecular complexity index is 1010. The average Bonchev–Trinajstić information content (AvgIpc) is 3.06. The number of aromatic nitrogens is 1. The van der Waals surface area contributed by atoms with Crippen LogP contribution in [0.25, 0.3) is 0 Å². The lowest BCUT2D eigenvalue weighted by atomic mass is 9.78. The topological polar surface area (TPSA) is 107 Å². The summed E-state index contributed by atoms with van der Waals surface area (Å²) < 4.78 is 46.9. The van der Waals surface area contributed by atoms with Crippen LogP contribution in [0, 0.1) is 5.92 Å². The molecule has 1 saturated heterocycles. The molecule has 8 nitrogen and oxygen atoms in total. The van der Waals surface area contributed by atoms with Crippen LogP contribution in [-0.2, 0) is 9.53 Å². The van der Waals surface area contributed by atoms with Gasteiger partial charge in [-0.15, -0.1) is 13.2 Å². The van der Waals surface area contributed by atoms with E-state index in [-0.39, 0.29) is 17.3 Å². The number of carbonyl (C=O) groups is 2. The fraction of sp³-hybridized carbons (Fsp3) is 0.381. The number of hydrogen-bond donors (Lipinski definition) is 2. The van der Waals surface area contributed by atoms with Gasteiger partial charge in [-0.25, -0.2) is 4.79 Å². The zero-order valence-electron chi connectivity index (χ0n) is 16.9. The number of carbonyl (C=O) groups excluding carboxylic acids is 2. The summed E-state index contributed by atoms with van der Waals surface area (Å²) in [4.78, 5) is 30.6. The molecule has 2 aliphatic rings. The van der Waals surface area contributed by atoms with Gasteiger partial charge in [0.25, 0.3) is 0 Å². The number of ether oxygens (including phenoxy) is 2. The Kier molecular flexibility index (Phi) is 5.57. The van der Waals surface area contributed by atoms with Crippen molar-refractivity contribution in [3.63, 3.8) is 0 Å². The summed E-state index contributed by atoms with van der Waals surface area (Å²) in [7, 11) is 0. The largest absolute Gasteiger partial charge is 0.573 e. The van der Waals surface area contributed by atoms with E-state index in [0.29, 0.717) is 37.9 Å². The number of anilines is 3. The highest BCUT2D eigenvalue weighted by atomic mass is 19.4. The predicted molar refractivity (Wildman–Crippen MR) is 109 cm³/mol. The van der Waals surface area contributed by atoms with E-state index in [4.69, 9.17) is 10.5 Å². The molecule has 32 heavy (non-hydrogen) atoms. The summed E-state index contributed by atoms with van der Waals surface area (Å²) in [5.74, 6) is -1.22. The van der Waals surface area contributed by atoms with E-state index >= 15 is 0 Å². The van der Waals surface area contributed by atoms with Gasteiger partial charge in [-0.2, -0.15) is 0 Å². The minimum absolute atomic E-state index is 0.0482. The van der Waals surface area contributed by atoms with E-state index in [0.717, 1.165) is 12.1 Å². The molecule has 2 heterocycles. The van der Waals surface area contributed by atoms with Crippen molar-refractivity contribution in [3.05, 3.63) is 42.7 Å². The van der Waals surface area contributed by atoms with Gasteiger partial charge in [0.1, 0.15) is 11.4 Å². The molecule has 4 rings (SSSR count). The second kappa shape index (κ2) is 8.21. The third kappa shape index (κ3) is 4.71. The van der Waals surface area contributed by atoms with Gasteiger partial charge in [-0.05, 0) is 49.9 Å². The first-order valence-electron chi connectivity index (χ1n) is 10.0. The van der Waals surface area contributed by atoms with E-state index in [1.165, 1.54) is 11.0 Å². The lowest BCUT2D eigenvalue weighted by Gasteiger charge is -2.34. The summed E-state index contributed by atoms with van der Waals surface area (Å²) in [5.41, 5.74) is 5.93. The van der Waals surface area contributed by atoms with Crippen LogP contribution in [0.2, 0.25) is 0 Å². The van der Waals surface area contributed by atoms with Crippen molar-refractivity contribution in [3.8, 4) is 5.75 Å². The Labute approximate surface area is 181 Å². The number of alkyl halides is 3. The van der Waals surface area contributed by atoms with Gasteiger partial charge in [-0.3, -0.25) is 14.7 Å². The molecule has 1 aliphatic carbocycles. The molecule has 1 saturated carbocycles. The Morgan fingerprint density at radius 3 is 2.69 bits per heavy atom. The highest BCUT2D eigenvalue weighted by Gasteiger charge is 2.48. The highest BCUT2D eigenvalue weighted by Crippen LogP contribution is 2.41. The minimum atomic E-state index is -4.85. The van der Waals surface area contributed by atoms with Crippen LogP contribution in [0.5, 0.6) is 5.75 Å². The zero-order valence-corrected chi connectivity index (χ0v) is 16.9. The number of benzene rings is 1. The van der Waals surface area contributed by atoms with E-state index in [2.05, 4.69) is 15.0 Å². The van der Waals surface area contributed by atoms with Gasteiger partial charge >= 0.3 is 12.5 Å². The maximum Gasteiger partial charge on any atom is 0.573 e. The molecule has 0 bridgehead atoms.